The van der Waals surface area contributed by atoms with E-state index in [0.717, 1.165) is 29.2 Å². The molecule has 0 spiro atoms. The Morgan fingerprint density at radius 1 is 1.57 bits per heavy atom. The number of nitrogens with two attached hydrogens (primary N) is 1. The maximum absolute atomic E-state index is 9.82. The van der Waals surface area contributed by atoms with E-state index < -0.39 is 6.10 Å². The fourth-order valence-electron chi connectivity index (χ4n) is 2.57. The van der Waals surface area contributed by atoms with Crippen LogP contribution in [-0.2, 0) is 11.2 Å². The van der Waals surface area contributed by atoms with Crippen molar-refractivity contribution in [3.8, 4) is 0 Å². The SMILES string of the molecule is COC(C)CN(C)C(C)=Nc1ccc2c(c1)[C@@H](N)[C@H](O)C2. The number of hydrogen-bond acceptors (Lipinski definition) is 4. The van der Waals surface area contributed by atoms with Crippen molar-refractivity contribution in [3.05, 3.63) is 29.3 Å². The van der Waals surface area contributed by atoms with Crippen molar-refractivity contribution in [2.45, 2.75) is 38.5 Å². The van der Waals surface area contributed by atoms with E-state index in [1.165, 1.54) is 0 Å². The fraction of sp³-hybridized carbons (Fsp3) is 0.562. The van der Waals surface area contributed by atoms with Gasteiger partial charge in [-0.05, 0) is 37.1 Å². The molecule has 5 nitrogen and oxygen atoms in total. The van der Waals surface area contributed by atoms with E-state index in [-0.39, 0.29) is 12.1 Å². The van der Waals surface area contributed by atoms with Gasteiger partial charge in [0, 0.05) is 27.1 Å². The number of aliphatic hydroxyl groups excluding tert-OH is 1. The van der Waals surface area contributed by atoms with Gasteiger partial charge in [0.25, 0.3) is 0 Å². The van der Waals surface area contributed by atoms with E-state index in [1.807, 2.05) is 39.1 Å². The number of amidine groups is 1. The molecule has 3 N–H and O–H groups in total. The maximum atomic E-state index is 9.82. The first-order valence-corrected chi connectivity index (χ1v) is 7.28. The number of ether oxygens (including phenoxy) is 1. The van der Waals surface area contributed by atoms with Gasteiger partial charge >= 0.3 is 0 Å². The number of rotatable bonds is 4. The van der Waals surface area contributed by atoms with Crippen LogP contribution in [0, 0.1) is 0 Å². The highest BCUT2D eigenvalue weighted by molar-refractivity contribution is 5.82. The Kier molecular flexibility index (Phi) is 4.98. The zero-order valence-electron chi connectivity index (χ0n) is 13.2. The summed E-state index contributed by atoms with van der Waals surface area (Å²) in [5, 5.41) is 9.82. The molecule has 0 saturated carbocycles. The van der Waals surface area contributed by atoms with Crippen molar-refractivity contribution in [1.29, 1.82) is 0 Å². The predicted octanol–water partition coefficient (Wildman–Crippen LogP) is 1.62. The lowest BCUT2D eigenvalue weighted by Crippen LogP contribution is -2.32. The Labute approximate surface area is 126 Å². The van der Waals surface area contributed by atoms with Gasteiger partial charge in [-0.15, -0.1) is 0 Å². The number of methoxy groups -OCH3 is 1. The number of benzene rings is 1. The number of hydrogen-bond donors (Lipinski definition) is 2. The van der Waals surface area contributed by atoms with Crippen molar-refractivity contribution in [2.75, 3.05) is 20.7 Å². The zero-order valence-corrected chi connectivity index (χ0v) is 13.2. The minimum Gasteiger partial charge on any atom is -0.391 e. The summed E-state index contributed by atoms with van der Waals surface area (Å²) in [6.07, 6.45) is 0.305. The van der Waals surface area contributed by atoms with Gasteiger partial charge in [0.2, 0.25) is 0 Å². The number of aliphatic hydroxyl groups is 1. The molecule has 5 heteroatoms. The average molecular weight is 291 g/mol. The van der Waals surface area contributed by atoms with Gasteiger partial charge in [-0.1, -0.05) is 6.07 Å². The first-order chi connectivity index (χ1) is 9.92. The molecule has 116 valence electrons. The Hall–Kier alpha value is -1.43. The van der Waals surface area contributed by atoms with E-state index in [4.69, 9.17) is 10.5 Å². The summed E-state index contributed by atoms with van der Waals surface area (Å²) in [6.45, 7) is 4.79. The van der Waals surface area contributed by atoms with E-state index in [9.17, 15) is 5.11 Å². The van der Waals surface area contributed by atoms with Gasteiger partial charge in [-0.25, -0.2) is 4.99 Å². The first kappa shape index (κ1) is 15.9. The lowest BCUT2D eigenvalue weighted by atomic mass is 10.1. The van der Waals surface area contributed by atoms with Crippen molar-refractivity contribution in [2.24, 2.45) is 10.7 Å². The second kappa shape index (κ2) is 6.56. The van der Waals surface area contributed by atoms with Crippen LogP contribution in [0.5, 0.6) is 0 Å². The molecule has 0 bridgehead atoms. The standard InChI is InChI=1S/C16H25N3O2/c1-10(21-4)9-19(3)11(2)18-13-6-5-12-7-15(20)16(17)14(12)8-13/h5-6,8,10,15-16,20H,7,9,17H2,1-4H3/t10?,15-,16-/m1/s1. The molecule has 0 aromatic heterocycles. The lowest BCUT2D eigenvalue weighted by molar-refractivity contribution is 0.102. The maximum Gasteiger partial charge on any atom is 0.101 e. The van der Waals surface area contributed by atoms with Crippen LogP contribution < -0.4 is 5.73 Å². The Balaban J connectivity index is 2.14. The van der Waals surface area contributed by atoms with Crippen molar-refractivity contribution < 1.29 is 9.84 Å². The smallest absolute Gasteiger partial charge is 0.101 e. The molecule has 1 aromatic carbocycles. The summed E-state index contributed by atoms with van der Waals surface area (Å²) in [5.41, 5.74) is 9.00. The van der Waals surface area contributed by atoms with Gasteiger partial charge in [0.05, 0.1) is 23.9 Å². The molecule has 21 heavy (non-hydrogen) atoms. The Morgan fingerprint density at radius 2 is 2.29 bits per heavy atom. The van der Waals surface area contributed by atoms with Crippen molar-refractivity contribution >= 4 is 11.5 Å². The molecule has 2 rings (SSSR count). The molecule has 0 radical (unpaired) electrons. The Morgan fingerprint density at radius 3 is 2.95 bits per heavy atom. The second-order valence-corrected chi connectivity index (χ2v) is 5.77. The topological polar surface area (TPSA) is 71.1 Å². The molecule has 1 aliphatic carbocycles. The van der Waals surface area contributed by atoms with E-state index >= 15 is 0 Å². The molecule has 1 unspecified atom stereocenters. The third kappa shape index (κ3) is 3.61. The molecule has 0 fully saturated rings. The number of fused-ring (bicyclic) bond motifs is 1. The zero-order chi connectivity index (χ0) is 15.6. The van der Waals surface area contributed by atoms with Crippen LogP contribution in [0.2, 0.25) is 0 Å². The van der Waals surface area contributed by atoms with Crippen LogP contribution in [0.3, 0.4) is 0 Å². The second-order valence-electron chi connectivity index (χ2n) is 5.77. The quantitative estimate of drug-likeness (QED) is 0.653. The minimum atomic E-state index is -0.481. The molecule has 0 aliphatic heterocycles. The summed E-state index contributed by atoms with van der Waals surface area (Å²) in [6, 6.07) is 5.66. The summed E-state index contributed by atoms with van der Waals surface area (Å²) in [4.78, 5) is 6.70. The summed E-state index contributed by atoms with van der Waals surface area (Å²) in [7, 11) is 3.70. The monoisotopic (exact) mass is 291 g/mol. The van der Waals surface area contributed by atoms with E-state index in [2.05, 4.69) is 9.89 Å². The highest BCUT2D eigenvalue weighted by Gasteiger charge is 2.27. The lowest BCUT2D eigenvalue weighted by Gasteiger charge is -2.22. The third-order valence-electron chi connectivity index (χ3n) is 4.11. The molecular weight excluding hydrogens is 266 g/mol. The van der Waals surface area contributed by atoms with Crippen LogP contribution in [0.4, 0.5) is 5.69 Å². The summed E-state index contributed by atoms with van der Waals surface area (Å²) >= 11 is 0. The van der Waals surface area contributed by atoms with Gasteiger partial charge < -0.3 is 20.5 Å². The van der Waals surface area contributed by atoms with Crippen molar-refractivity contribution in [1.82, 2.24) is 4.90 Å². The van der Waals surface area contributed by atoms with Gasteiger partial charge in [-0.2, -0.15) is 0 Å². The molecule has 1 aliphatic rings. The molecule has 3 atom stereocenters. The van der Waals surface area contributed by atoms with Crippen LogP contribution >= 0.6 is 0 Å². The highest BCUT2D eigenvalue weighted by Crippen LogP contribution is 2.32. The van der Waals surface area contributed by atoms with Crippen LogP contribution in [0.15, 0.2) is 23.2 Å². The largest absolute Gasteiger partial charge is 0.391 e. The third-order valence-corrected chi connectivity index (χ3v) is 4.11. The van der Waals surface area contributed by atoms with Crippen LogP contribution in [-0.4, -0.2) is 48.8 Å². The molecular formula is C16H25N3O2. The van der Waals surface area contributed by atoms with E-state index in [1.54, 1.807) is 7.11 Å². The number of likely N-dealkylation sites (N-methyl/N-ethyl adjacent to an activating group) is 1. The minimum absolute atomic E-state index is 0.156. The Bertz CT molecular complexity index is 530. The average Bonchev–Trinajstić information content (AvgIpc) is 2.74. The molecule has 0 amide bonds. The van der Waals surface area contributed by atoms with Gasteiger partial charge in [0.15, 0.2) is 0 Å². The predicted molar refractivity (Wildman–Crippen MR) is 85.0 cm³/mol. The van der Waals surface area contributed by atoms with E-state index in [0.29, 0.717) is 6.42 Å². The van der Waals surface area contributed by atoms with Gasteiger partial charge in [-0.3, -0.25) is 0 Å². The normalized spacial score (nSPS) is 23.0. The summed E-state index contributed by atoms with van der Waals surface area (Å²) in [5.74, 6) is 0.922. The van der Waals surface area contributed by atoms with Gasteiger partial charge in [0.1, 0.15) is 5.84 Å². The van der Waals surface area contributed by atoms with Crippen LogP contribution in [0.25, 0.3) is 0 Å². The fourth-order valence-corrected chi connectivity index (χ4v) is 2.57. The molecule has 0 heterocycles. The summed E-state index contributed by atoms with van der Waals surface area (Å²) < 4.78 is 5.27. The number of aliphatic imine (C=N–C) groups is 1. The number of nitrogens with zero attached hydrogens (tertiary/aromatic N) is 2. The van der Waals surface area contributed by atoms with Crippen molar-refractivity contribution in [3.63, 3.8) is 0 Å². The molecule has 1 aromatic rings. The highest BCUT2D eigenvalue weighted by atomic mass is 16.5. The van der Waals surface area contributed by atoms with Crippen LogP contribution in [0.1, 0.15) is 31.0 Å². The first-order valence-electron chi connectivity index (χ1n) is 7.28. The molecule has 0 saturated heterocycles.